The monoisotopic (exact) mass is 472 g/mol. The van der Waals surface area contributed by atoms with Crippen LogP contribution in [0, 0.1) is 0 Å². The zero-order chi connectivity index (χ0) is 25.4. The Morgan fingerprint density at radius 3 is 1.12 bits per heavy atom. The number of rotatable bonds is 9. The molecule has 0 aliphatic rings. The van der Waals surface area contributed by atoms with E-state index in [0.717, 1.165) is 25.6 Å². The topological polar surface area (TPSA) is 112 Å². The first-order valence-electron chi connectivity index (χ1n) is 10.2. The van der Waals surface area contributed by atoms with E-state index >= 15 is 0 Å². The third-order valence-corrected chi connectivity index (χ3v) is 4.85. The van der Waals surface area contributed by atoms with Gasteiger partial charge in [0.2, 0.25) is 12.2 Å². The third kappa shape index (κ3) is 6.47. The van der Waals surface area contributed by atoms with Crippen molar-refractivity contribution >= 4 is 35.3 Å². The molecule has 0 fully saturated rings. The molecule has 0 amide bonds. The van der Waals surface area contributed by atoms with Gasteiger partial charge in [-0.3, -0.25) is 0 Å². The van der Waals surface area contributed by atoms with Gasteiger partial charge < -0.3 is 28.7 Å². The van der Waals surface area contributed by atoms with Crippen molar-refractivity contribution in [3.8, 4) is 0 Å². The first-order chi connectivity index (χ1) is 16.1. The molecule has 0 bridgehead atoms. The van der Waals surface area contributed by atoms with Gasteiger partial charge >= 0.3 is 23.9 Å². The first-order valence-corrected chi connectivity index (χ1v) is 10.2. The summed E-state index contributed by atoms with van der Waals surface area (Å²) < 4.78 is 19.9. The second-order valence-corrected chi connectivity index (χ2v) is 7.58. The van der Waals surface area contributed by atoms with E-state index in [0.29, 0.717) is 0 Å². The summed E-state index contributed by atoms with van der Waals surface area (Å²) in [5.74, 6) is -4.02. The van der Waals surface area contributed by atoms with Crippen molar-refractivity contribution in [2.45, 2.75) is 12.2 Å². The number of methoxy groups -OCH3 is 2. The van der Waals surface area contributed by atoms with Gasteiger partial charge in [-0.1, -0.05) is 0 Å². The van der Waals surface area contributed by atoms with Crippen LogP contribution >= 0.6 is 0 Å². The zero-order valence-electron chi connectivity index (χ0n) is 19.9. The lowest BCUT2D eigenvalue weighted by molar-refractivity contribution is -0.170. The predicted octanol–water partition coefficient (Wildman–Crippen LogP) is 1.92. The van der Waals surface area contributed by atoms with Crippen LogP contribution in [0.3, 0.4) is 0 Å². The van der Waals surface area contributed by atoms with E-state index in [4.69, 9.17) is 9.47 Å². The van der Waals surface area contributed by atoms with Crippen molar-refractivity contribution in [3.05, 3.63) is 59.7 Å². The Balaban J connectivity index is 2.29. The van der Waals surface area contributed by atoms with Crippen LogP contribution in [0.15, 0.2) is 48.5 Å². The summed E-state index contributed by atoms with van der Waals surface area (Å²) in [6.07, 6.45) is -3.77. The van der Waals surface area contributed by atoms with E-state index in [-0.39, 0.29) is 11.1 Å². The highest BCUT2D eigenvalue weighted by atomic mass is 16.6. The van der Waals surface area contributed by atoms with Gasteiger partial charge in [-0.2, -0.15) is 0 Å². The maximum Gasteiger partial charge on any atom is 0.351 e. The minimum Gasteiger partial charge on any atom is -0.466 e. The van der Waals surface area contributed by atoms with E-state index in [2.05, 4.69) is 9.47 Å². The number of carbonyl (C=O) groups excluding carboxylic acids is 4. The highest BCUT2D eigenvalue weighted by molar-refractivity contribution is 5.96. The van der Waals surface area contributed by atoms with Gasteiger partial charge in [0.15, 0.2) is 0 Å². The van der Waals surface area contributed by atoms with Gasteiger partial charge in [-0.15, -0.1) is 0 Å². The van der Waals surface area contributed by atoms with E-state index in [1.165, 1.54) is 24.3 Å². The highest BCUT2D eigenvalue weighted by Crippen LogP contribution is 2.18. The van der Waals surface area contributed by atoms with Gasteiger partial charge in [0, 0.05) is 39.6 Å². The molecule has 10 nitrogen and oxygen atoms in total. The van der Waals surface area contributed by atoms with Crippen LogP contribution in [0.4, 0.5) is 11.4 Å². The van der Waals surface area contributed by atoms with Crippen molar-refractivity contribution < 1.29 is 38.1 Å². The molecule has 0 saturated heterocycles. The Morgan fingerprint density at radius 1 is 0.588 bits per heavy atom. The quantitative estimate of drug-likeness (QED) is 0.396. The van der Waals surface area contributed by atoms with Crippen LogP contribution in [0.2, 0.25) is 0 Å². The summed E-state index contributed by atoms with van der Waals surface area (Å²) in [5, 5.41) is 0. The molecule has 2 aromatic carbocycles. The van der Waals surface area contributed by atoms with Crippen molar-refractivity contribution in [1.82, 2.24) is 0 Å². The Labute approximate surface area is 197 Å². The zero-order valence-corrected chi connectivity index (χ0v) is 19.9. The lowest BCUT2D eigenvalue weighted by atomic mass is 10.1. The largest absolute Gasteiger partial charge is 0.466 e. The summed E-state index contributed by atoms with van der Waals surface area (Å²) in [5.41, 5.74) is 1.91. The molecule has 2 atom stereocenters. The lowest BCUT2D eigenvalue weighted by Gasteiger charge is -2.23. The summed E-state index contributed by atoms with van der Waals surface area (Å²) in [7, 11) is 9.44. The number of anilines is 2. The first kappa shape index (κ1) is 26.2. The average Bonchev–Trinajstić information content (AvgIpc) is 2.84. The highest BCUT2D eigenvalue weighted by Gasteiger charge is 2.42. The summed E-state index contributed by atoms with van der Waals surface area (Å²) in [6, 6.07) is 12.7. The van der Waals surface area contributed by atoms with Gasteiger partial charge in [-0.05, 0) is 48.5 Å². The fraction of sp³-hybridized carbons (Fsp3) is 0.333. The molecule has 2 rings (SSSR count). The SMILES string of the molecule is COC(=O)[C@H](OC(=O)c1ccc(N(C)C)cc1)[C@@H](OC(=O)c1ccc(N(C)C)cc1)C(=O)OC. The Hall–Kier alpha value is -4.08. The maximum absolute atomic E-state index is 12.7. The second kappa shape index (κ2) is 11.7. The van der Waals surface area contributed by atoms with Crippen molar-refractivity contribution in [2.24, 2.45) is 0 Å². The summed E-state index contributed by atoms with van der Waals surface area (Å²) in [6.45, 7) is 0. The number of hydrogen-bond donors (Lipinski definition) is 0. The van der Waals surface area contributed by atoms with Gasteiger partial charge in [0.25, 0.3) is 0 Å². The van der Waals surface area contributed by atoms with Gasteiger partial charge in [0.1, 0.15) is 0 Å². The number of hydrogen-bond acceptors (Lipinski definition) is 10. The number of carbonyl (C=O) groups is 4. The minimum atomic E-state index is -1.89. The van der Waals surface area contributed by atoms with Crippen molar-refractivity contribution in [1.29, 1.82) is 0 Å². The second-order valence-electron chi connectivity index (χ2n) is 7.58. The van der Waals surface area contributed by atoms with Crippen molar-refractivity contribution in [3.63, 3.8) is 0 Å². The molecule has 182 valence electrons. The van der Waals surface area contributed by atoms with Crippen LogP contribution in [-0.2, 0) is 28.5 Å². The Bertz CT molecular complexity index is 933. The molecule has 0 radical (unpaired) electrons. The summed E-state index contributed by atoms with van der Waals surface area (Å²) >= 11 is 0. The van der Waals surface area contributed by atoms with E-state index in [9.17, 15) is 19.2 Å². The molecule has 0 unspecified atom stereocenters. The molecular formula is C24H28N2O8. The van der Waals surface area contributed by atoms with Crippen molar-refractivity contribution in [2.75, 3.05) is 52.2 Å². The molecule has 0 aromatic heterocycles. The molecule has 0 aliphatic carbocycles. The third-order valence-electron chi connectivity index (χ3n) is 4.85. The molecular weight excluding hydrogens is 444 g/mol. The van der Waals surface area contributed by atoms with Gasteiger partial charge in [0.05, 0.1) is 25.3 Å². The maximum atomic E-state index is 12.7. The fourth-order valence-electron chi connectivity index (χ4n) is 2.86. The number of nitrogens with zero attached hydrogens (tertiary/aromatic N) is 2. The average molecular weight is 472 g/mol. The number of benzene rings is 2. The minimum absolute atomic E-state index is 0.119. The molecule has 10 heteroatoms. The van der Waals surface area contributed by atoms with Crippen LogP contribution in [-0.4, -0.2) is 78.5 Å². The van der Waals surface area contributed by atoms with Gasteiger partial charge in [-0.25, -0.2) is 19.2 Å². The smallest absolute Gasteiger partial charge is 0.351 e. The molecule has 0 saturated carbocycles. The Morgan fingerprint density at radius 2 is 0.882 bits per heavy atom. The van der Waals surface area contributed by atoms with Crippen LogP contribution in [0.1, 0.15) is 20.7 Å². The predicted molar refractivity (Wildman–Crippen MR) is 124 cm³/mol. The van der Waals surface area contributed by atoms with Crippen LogP contribution in [0.25, 0.3) is 0 Å². The molecule has 0 spiro atoms. The number of esters is 4. The molecule has 34 heavy (non-hydrogen) atoms. The number of ether oxygens (including phenoxy) is 4. The van der Waals surface area contributed by atoms with E-state index in [1.54, 1.807) is 24.3 Å². The van der Waals surface area contributed by atoms with E-state index < -0.39 is 36.1 Å². The summed E-state index contributed by atoms with van der Waals surface area (Å²) in [4.78, 5) is 53.9. The Kier molecular flexibility index (Phi) is 9.00. The molecule has 0 heterocycles. The lowest BCUT2D eigenvalue weighted by Crippen LogP contribution is -2.47. The standard InChI is InChI=1S/C24H28N2O8/c1-25(2)17-11-7-15(8-12-17)21(27)33-19(23(29)31-5)20(24(30)32-6)34-22(28)16-9-13-18(14-10-16)26(3)4/h7-14,19-20H,1-6H3/t19-,20-/m1/s1. The molecule has 0 N–H and O–H groups in total. The normalized spacial score (nSPS) is 12.1. The van der Waals surface area contributed by atoms with Crippen LogP contribution < -0.4 is 9.80 Å². The fourth-order valence-corrected chi connectivity index (χ4v) is 2.86. The molecule has 0 aliphatic heterocycles. The molecule has 2 aromatic rings. The van der Waals surface area contributed by atoms with Crippen LogP contribution in [0.5, 0.6) is 0 Å². The van der Waals surface area contributed by atoms with E-state index in [1.807, 2.05) is 38.0 Å².